The second kappa shape index (κ2) is 33.7. The summed E-state index contributed by atoms with van der Waals surface area (Å²) >= 11 is 0. The van der Waals surface area contributed by atoms with Crippen LogP contribution in [0.4, 0.5) is 0 Å². The first-order valence-corrected chi connectivity index (χ1v) is 28.4. The molecule has 0 spiro atoms. The van der Waals surface area contributed by atoms with Crippen molar-refractivity contribution in [1.29, 1.82) is 0 Å². The van der Waals surface area contributed by atoms with Crippen LogP contribution in [0.2, 0.25) is 0 Å². The quantitative estimate of drug-likeness (QED) is 0.0163. The van der Waals surface area contributed by atoms with Crippen molar-refractivity contribution in [1.82, 2.24) is 45.2 Å². The van der Waals surface area contributed by atoms with Gasteiger partial charge in [0.15, 0.2) is 29.5 Å². The number of amides is 1. The van der Waals surface area contributed by atoms with E-state index in [-0.39, 0.29) is 49.8 Å². The zero-order chi connectivity index (χ0) is 58.2. The second-order valence-corrected chi connectivity index (χ2v) is 20.5. The molecule has 1 aromatic carbocycles. The van der Waals surface area contributed by atoms with Gasteiger partial charge in [0.05, 0.1) is 119 Å². The van der Waals surface area contributed by atoms with Gasteiger partial charge < -0.3 is 97.7 Å². The van der Waals surface area contributed by atoms with Crippen molar-refractivity contribution in [2.45, 2.75) is 75.5 Å². The van der Waals surface area contributed by atoms with Crippen molar-refractivity contribution in [2.24, 2.45) is 0 Å². The fraction of sp³-hybridized carbons (Fsp3) is 0.689. The molecule has 2 saturated heterocycles. The molecule has 11 atom stereocenters. The van der Waals surface area contributed by atoms with E-state index in [2.05, 4.69) is 45.0 Å². The Morgan fingerprint density at radius 1 is 0.654 bits per heavy atom. The van der Waals surface area contributed by atoms with E-state index in [0.717, 1.165) is 16.5 Å². The van der Waals surface area contributed by atoms with Gasteiger partial charge in [-0.25, -0.2) is 19.1 Å². The number of aryl methyl sites for hydroxylation is 2. The number of rotatable bonds is 39. The first-order chi connectivity index (χ1) is 38.9. The minimum Gasteiger partial charge on any atom is -0.491 e. The Morgan fingerprint density at radius 2 is 1.17 bits per heavy atom. The summed E-state index contributed by atoms with van der Waals surface area (Å²) in [6, 6.07) is 7.31. The smallest absolute Gasteiger partial charge is 0.483 e. The highest BCUT2D eigenvalue weighted by Gasteiger charge is 2.50. The Hall–Kier alpha value is -4.56. The number of hydrogen-bond donors (Lipinski definition) is 9. The molecule has 454 valence electrons. The van der Waals surface area contributed by atoms with Crippen molar-refractivity contribution >= 4 is 32.7 Å². The first-order valence-electron chi connectivity index (χ1n) is 25.4. The molecule has 3 aromatic heterocycles. The van der Waals surface area contributed by atoms with E-state index in [4.69, 9.17) is 61.2 Å². The number of H-pyrrole nitrogens is 1. The maximum absolute atomic E-state index is 12.8. The van der Waals surface area contributed by atoms with Gasteiger partial charge in [0, 0.05) is 18.5 Å². The van der Waals surface area contributed by atoms with Crippen molar-refractivity contribution in [3.63, 3.8) is 0 Å². The van der Waals surface area contributed by atoms with Crippen LogP contribution in [0, 0.1) is 13.8 Å². The third-order valence-electron chi connectivity index (χ3n) is 11.4. The van der Waals surface area contributed by atoms with Crippen molar-refractivity contribution < 1.29 is 115 Å². The van der Waals surface area contributed by atoms with Crippen molar-refractivity contribution in [3.8, 4) is 17.1 Å². The van der Waals surface area contributed by atoms with E-state index in [0.29, 0.717) is 103 Å². The van der Waals surface area contributed by atoms with E-state index >= 15 is 0 Å². The Kier molecular flexibility index (Phi) is 27.3. The lowest BCUT2D eigenvalue weighted by Gasteiger charge is -2.40. The number of fused-ring (bicyclic) bond motifs is 1. The van der Waals surface area contributed by atoms with E-state index in [1.54, 1.807) is 6.92 Å². The van der Waals surface area contributed by atoms with Crippen LogP contribution in [-0.2, 0) is 74.7 Å². The molecule has 5 unspecified atom stereocenters. The number of imidazole rings is 1. The number of aromatic amines is 1. The number of aromatic nitrogens is 8. The second-order valence-electron chi connectivity index (χ2n) is 17.6. The predicted octanol–water partition coefficient (Wildman–Crippen LogP) is -2.62. The molecule has 2 fully saturated rings. The average molecular weight is 1200 g/mol. The van der Waals surface area contributed by atoms with E-state index in [1.165, 1.54) is 6.92 Å². The summed E-state index contributed by atoms with van der Waals surface area (Å²) in [5, 5.41) is 70.7. The van der Waals surface area contributed by atoms with Crippen molar-refractivity contribution in [3.05, 3.63) is 52.6 Å². The fourth-order valence-electron chi connectivity index (χ4n) is 7.39. The number of ether oxygens (including phenoxy) is 11. The number of aliphatic hydroxyl groups excluding tert-OH is 5. The summed E-state index contributed by atoms with van der Waals surface area (Å²) in [4.78, 5) is 55.7. The third-order valence-corrected chi connectivity index (χ3v) is 14.0. The Labute approximate surface area is 462 Å². The van der Waals surface area contributed by atoms with Gasteiger partial charge in [0.25, 0.3) is 5.56 Å². The van der Waals surface area contributed by atoms with Crippen LogP contribution in [0.25, 0.3) is 22.6 Å². The lowest BCUT2D eigenvalue weighted by Crippen LogP contribution is -2.60. The molecule has 81 heavy (non-hydrogen) atoms. The van der Waals surface area contributed by atoms with Gasteiger partial charge >= 0.3 is 15.6 Å². The SMILES string of the molecule is Cc1nnc(-c2ccc(OCCOCCOCCOCCOCCOCCOCCOCCOCCC(=O)NCC3O[C@H](OP(=O)(O)OP(=O)(O)OC[C@H]4O[C@@H](n5cnc6c(=O)[nH]c(C)nc65)[C@@H](O)C4O)C(O)[C@@H](O)[C@@H]3O)cc2)nn1. The molecule has 0 bridgehead atoms. The monoisotopic (exact) mass is 1200 g/mol. The molecular weight excluding hydrogens is 1130 g/mol. The Bertz CT molecular complexity index is 2650. The van der Waals surface area contributed by atoms with Crippen LogP contribution in [0.3, 0.4) is 0 Å². The number of phosphoric ester groups is 2. The molecule has 5 heterocycles. The van der Waals surface area contributed by atoms with Gasteiger partial charge in [0.2, 0.25) is 11.7 Å². The van der Waals surface area contributed by atoms with Gasteiger partial charge in [0.1, 0.15) is 60.9 Å². The largest absolute Gasteiger partial charge is 0.491 e. The molecular formula is C45H69N9O25P2. The summed E-state index contributed by atoms with van der Waals surface area (Å²) in [5.41, 5.74) is 0.0871. The molecule has 4 aromatic rings. The summed E-state index contributed by atoms with van der Waals surface area (Å²) in [6.07, 6.45) is -15.4. The number of carbonyl (C=O) groups is 1. The molecule has 2 aliphatic heterocycles. The number of carbonyl (C=O) groups excluding carboxylic acids is 1. The number of benzene rings is 1. The number of hydrogen-bond acceptors (Lipinski definition) is 29. The highest BCUT2D eigenvalue weighted by Crippen LogP contribution is 2.61. The van der Waals surface area contributed by atoms with Crippen molar-refractivity contribution in [2.75, 3.05) is 125 Å². The van der Waals surface area contributed by atoms with E-state index in [9.17, 15) is 54.0 Å². The number of nitrogens with zero attached hydrogens (tertiary/aromatic N) is 7. The fourth-order valence-corrected chi connectivity index (χ4v) is 9.54. The van der Waals surface area contributed by atoms with Crippen LogP contribution < -0.4 is 15.6 Å². The van der Waals surface area contributed by atoms with Crippen LogP contribution in [0.15, 0.2) is 35.4 Å². The van der Waals surface area contributed by atoms with Gasteiger partial charge in [-0.3, -0.25) is 23.2 Å². The van der Waals surface area contributed by atoms with Gasteiger partial charge in [-0.1, -0.05) is 0 Å². The van der Waals surface area contributed by atoms with Crippen LogP contribution in [0.5, 0.6) is 5.75 Å². The number of nitrogens with one attached hydrogen (secondary N) is 2. The minimum absolute atomic E-state index is 0.0102. The number of aliphatic hydroxyl groups is 5. The molecule has 9 N–H and O–H groups in total. The molecule has 6 rings (SSSR count). The summed E-state index contributed by atoms with van der Waals surface area (Å²) < 4.78 is 101. The Morgan fingerprint density at radius 3 is 1.73 bits per heavy atom. The minimum atomic E-state index is -5.73. The van der Waals surface area contributed by atoms with E-state index in [1.807, 2.05) is 24.3 Å². The van der Waals surface area contributed by atoms with E-state index < -0.39 is 95.5 Å². The van der Waals surface area contributed by atoms with Gasteiger partial charge in [-0.15, -0.1) is 20.4 Å². The molecule has 0 saturated carbocycles. The average Bonchev–Trinajstić information content (AvgIpc) is 4.08. The molecule has 2 aliphatic rings. The lowest BCUT2D eigenvalue weighted by molar-refractivity contribution is -0.273. The Balaban J connectivity index is 0.698. The topological polar surface area (TPSA) is 449 Å². The maximum atomic E-state index is 12.8. The zero-order valence-electron chi connectivity index (χ0n) is 44.2. The normalized spacial score (nSPS) is 23.6. The van der Waals surface area contributed by atoms with Crippen LogP contribution >= 0.6 is 15.6 Å². The summed E-state index contributed by atoms with van der Waals surface area (Å²) in [6.45, 7) is 7.43. The highest BCUT2D eigenvalue weighted by atomic mass is 31.3. The standard InChI is InChI=1S/C45H69N9O25P2/c1-28-48-42-35(43(61)49-28)47-27-54(42)44-39(59)37(57)33(76-44)26-75-80(62,63)79-81(64,65)78-45-40(60)38(58)36(56)32(77-45)25-46-34(55)7-8-66-9-10-67-11-12-68-13-14-69-15-16-70-17-18-71-19-20-72-21-22-73-23-24-74-31-5-3-30(4-6-31)41-52-50-29(2)51-53-41/h3-6,27,32-33,36-40,44-45,56-60H,7-26H2,1-2H3,(H,46,55)(H,62,63)(H,64,65)(H,48,49,61)/t32?,33-,36-,37?,38+,39+,40?,44-,45-/m1/s1. The van der Waals surface area contributed by atoms with Gasteiger partial charge in [-0.05, 0) is 38.1 Å². The van der Waals surface area contributed by atoms with Gasteiger partial charge in [-0.2, -0.15) is 4.31 Å². The number of phosphoric acid groups is 2. The lowest BCUT2D eigenvalue weighted by atomic mass is 9.99. The van der Waals surface area contributed by atoms with Crippen LogP contribution in [-0.4, -0.2) is 256 Å². The molecule has 1 amide bonds. The summed E-state index contributed by atoms with van der Waals surface area (Å²) in [5.74, 6) is 1.26. The predicted molar refractivity (Wildman–Crippen MR) is 271 cm³/mol. The first kappa shape index (κ1) is 65.6. The molecule has 36 heteroatoms. The summed E-state index contributed by atoms with van der Waals surface area (Å²) in [7, 11) is -11.3. The maximum Gasteiger partial charge on any atom is 0.483 e. The molecule has 0 aliphatic carbocycles. The van der Waals surface area contributed by atoms with Crippen LogP contribution in [0.1, 0.15) is 24.3 Å². The zero-order valence-corrected chi connectivity index (χ0v) is 46.0. The molecule has 0 radical (unpaired) electrons. The third kappa shape index (κ3) is 21.9. The molecule has 34 nitrogen and oxygen atoms in total. The highest BCUT2D eigenvalue weighted by molar-refractivity contribution is 7.61.